The van der Waals surface area contributed by atoms with Gasteiger partial charge in [0.1, 0.15) is 0 Å². The summed E-state index contributed by atoms with van der Waals surface area (Å²) in [5.41, 5.74) is 10.9. The van der Waals surface area contributed by atoms with Gasteiger partial charge in [-0.25, -0.2) is 0 Å². The maximum Gasteiger partial charge on any atom is 0.0167 e. The Bertz CT molecular complexity index is 2080. The van der Waals surface area contributed by atoms with Gasteiger partial charge >= 0.3 is 0 Å². The van der Waals surface area contributed by atoms with E-state index in [9.17, 15) is 0 Å². The van der Waals surface area contributed by atoms with Crippen molar-refractivity contribution in [2.75, 3.05) is 0 Å². The fourth-order valence-corrected chi connectivity index (χ4v) is 6.68. The van der Waals surface area contributed by atoms with Crippen LogP contribution in [0.25, 0.3) is 55.2 Å². The Morgan fingerprint density at radius 1 is 0.644 bits per heavy atom. The van der Waals surface area contributed by atoms with E-state index < -0.39 is 0 Å². The average Bonchev–Trinajstić information content (AvgIpc) is 3.31. The van der Waals surface area contributed by atoms with Crippen molar-refractivity contribution in [3.05, 3.63) is 156 Å². The van der Waals surface area contributed by atoms with E-state index in [4.69, 9.17) is 4.98 Å². The first-order valence-electron chi connectivity index (χ1n) is 15.3. The van der Waals surface area contributed by atoms with Crippen molar-refractivity contribution in [2.45, 2.75) is 39.0 Å². The van der Waals surface area contributed by atoms with Crippen molar-refractivity contribution in [3.63, 3.8) is 0 Å². The summed E-state index contributed by atoms with van der Waals surface area (Å²) in [6.07, 6.45) is 3.73. The third kappa shape index (κ3) is 5.52. The fraction of sp³-hybridized carbons (Fsp3) is 0.143. The third-order valence-electron chi connectivity index (χ3n) is 8.77. The number of aromatic nitrogens is 2. The molecule has 2 nitrogen and oxygen atoms in total. The zero-order chi connectivity index (χ0) is 30.3. The van der Waals surface area contributed by atoms with Crippen molar-refractivity contribution < 1.29 is 20.1 Å². The maximum absolute atomic E-state index is 4.87. The van der Waals surface area contributed by atoms with E-state index in [0.717, 1.165) is 22.5 Å². The summed E-state index contributed by atoms with van der Waals surface area (Å²) in [4.78, 5) is 9.09. The van der Waals surface area contributed by atoms with Gasteiger partial charge in [0, 0.05) is 32.5 Å². The first-order valence-corrected chi connectivity index (χ1v) is 15.3. The summed E-state index contributed by atoms with van der Waals surface area (Å²) in [6.45, 7) is 9.25. The molecule has 0 unspecified atom stereocenters. The molecule has 5 aromatic carbocycles. The topological polar surface area (TPSA) is 25.8 Å². The van der Waals surface area contributed by atoms with E-state index in [1.807, 2.05) is 48.7 Å². The van der Waals surface area contributed by atoms with Crippen LogP contribution in [0.15, 0.2) is 128 Å². The molecule has 0 saturated carbocycles. The molecule has 1 radical (unpaired) electrons. The largest absolute Gasteiger partial charge is 0.305 e. The molecule has 7 aromatic rings. The monoisotopic (exact) mass is 759 g/mol. The number of pyridine rings is 2. The summed E-state index contributed by atoms with van der Waals surface area (Å²) in [7, 11) is 0. The summed E-state index contributed by atoms with van der Waals surface area (Å²) in [5.74, 6) is 0.382. The van der Waals surface area contributed by atoms with Crippen molar-refractivity contribution >= 4 is 21.5 Å². The van der Waals surface area contributed by atoms with Gasteiger partial charge in [-0.3, -0.25) is 0 Å². The van der Waals surface area contributed by atoms with Gasteiger partial charge in [0.25, 0.3) is 0 Å². The molecule has 8 rings (SSSR count). The third-order valence-corrected chi connectivity index (χ3v) is 8.77. The summed E-state index contributed by atoms with van der Waals surface area (Å²) in [6, 6.07) is 47.0. The van der Waals surface area contributed by atoms with Crippen molar-refractivity contribution in [1.29, 1.82) is 0 Å². The number of nitrogens with zero attached hydrogens (tertiary/aromatic N) is 2. The van der Waals surface area contributed by atoms with Crippen LogP contribution in [0.3, 0.4) is 0 Å². The molecule has 0 saturated heterocycles. The van der Waals surface area contributed by atoms with E-state index in [1.54, 1.807) is 6.20 Å². The van der Waals surface area contributed by atoms with Crippen LogP contribution in [0.2, 0.25) is 0 Å². The van der Waals surface area contributed by atoms with Gasteiger partial charge in [-0.1, -0.05) is 106 Å². The molecular formula is C42H34IrN2-2. The molecule has 0 atom stereocenters. The van der Waals surface area contributed by atoms with Gasteiger partial charge in [0.05, 0.1) is 0 Å². The summed E-state index contributed by atoms with van der Waals surface area (Å²) in [5, 5.41) is 4.95. The molecular weight excluding hydrogens is 725 g/mol. The summed E-state index contributed by atoms with van der Waals surface area (Å²) < 4.78 is 0. The minimum absolute atomic E-state index is 0. The second kappa shape index (κ2) is 12.5. The molecule has 2 aromatic heterocycles. The number of hydrogen-bond acceptors (Lipinski definition) is 2. The van der Waals surface area contributed by atoms with Crippen LogP contribution in [0.1, 0.15) is 50.3 Å². The van der Waals surface area contributed by atoms with Gasteiger partial charge < -0.3 is 9.97 Å². The van der Waals surface area contributed by atoms with Crippen molar-refractivity contribution in [3.8, 4) is 33.6 Å². The molecule has 3 heteroatoms. The fourth-order valence-electron chi connectivity index (χ4n) is 6.68. The smallest absolute Gasteiger partial charge is 0.0167 e. The van der Waals surface area contributed by atoms with E-state index in [1.165, 1.54) is 49.4 Å². The van der Waals surface area contributed by atoms with Crippen LogP contribution >= 0.6 is 0 Å². The molecule has 0 N–H and O–H groups in total. The Hall–Kier alpha value is -4.43. The molecule has 1 aliphatic rings. The maximum atomic E-state index is 4.87. The van der Waals surface area contributed by atoms with Gasteiger partial charge in [-0.05, 0) is 67.5 Å². The summed E-state index contributed by atoms with van der Waals surface area (Å²) >= 11 is 0. The normalized spacial score (nSPS) is 12.6. The standard InChI is InChI=1S/C31H26N.C11H8N.Ir/c1-19(2)26-17-21(18-27-24-11-7-8-12-28(24)31(3,4)29(26)27)30-25-14-13-20-9-5-6-10-22(20)23(25)15-16-32-30;1-2-6-10(7-3-1)11-8-4-5-9-12-11;/h5-16,18-19H,1-4H3;1-6,8-9H;/q2*-1;. The Morgan fingerprint density at radius 3 is 2.20 bits per heavy atom. The molecule has 45 heavy (non-hydrogen) atoms. The molecule has 1 aliphatic carbocycles. The van der Waals surface area contributed by atoms with Crippen molar-refractivity contribution in [1.82, 2.24) is 9.97 Å². The Kier molecular flexibility index (Phi) is 8.51. The van der Waals surface area contributed by atoms with Gasteiger partial charge in [-0.15, -0.1) is 64.7 Å². The minimum atomic E-state index is -0.0249. The van der Waals surface area contributed by atoms with Crippen LogP contribution < -0.4 is 0 Å². The second-order valence-corrected chi connectivity index (χ2v) is 12.2. The Balaban J connectivity index is 0.000000231. The molecule has 0 amide bonds. The average molecular weight is 759 g/mol. The van der Waals surface area contributed by atoms with Gasteiger partial charge in [0.2, 0.25) is 0 Å². The number of fused-ring (bicyclic) bond motifs is 6. The molecule has 0 spiro atoms. The minimum Gasteiger partial charge on any atom is -0.305 e. The molecule has 2 heterocycles. The van der Waals surface area contributed by atoms with Crippen LogP contribution in [-0.2, 0) is 25.5 Å². The second-order valence-electron chi connectivity index (χ2n) is 12.2. The molecule has 223 valence electrons. The number of hydrogen-bond donors (Lipinski definition) is 0. The number of benzene rings is 5. The van der Waals surface area contributed by atoms with Crippen LogP contribution in [-0.4, -0.2) is 9.97 Å². The molecule has 0 aliphatic heterocycles. The Labute approximate surface area is 279 Å². The Morgan fingerprint density at radius 2 is 1.42 bits per heavy atom. The van der Waals surface area contributed by atoms with E-state index >= 15 is 0 Å². The first-order chi connectivity index (χ1) is 21.4. The quantitative estimate of drug-likeness (QED) is 0.132. The number of rotatable bonds is 3. The predicted octanol–water partition coefficient (Wildman–Crippen LogP) is 10.8. The van der Waals surface area contributed by atoms with Crippen molar-refractivity contribution in [2.24, 2.45) is 0 Å². The van der Waals surface area contributed by atoms with Crippen LogP contribution in [0.4, 0.5) is 0 Å². The first kappa shape index (κ1) is 30.6. The van der Waals surface area contributed by atoms with E-state index in [2.05, 4.69) is 118 Å². The van der Waals surface area contributed by atoms with E-state index in [0.29, 0.717) is 5.92 Å². The predicted molar refractivity (Wildman–Crippen MR) is 184 cm³/mol. The van der Waals surface area contributed by atoms with Crippen LogP contribution in [0, 0.1) is 12.1 Å². The van der Waals surface area contributed by atoms with Gasteiger partial charge in [-0.2, -0.15) is 0 Å². The molecule has 0 fully saturated rings. The van der Waals surface area contributed by atoms with Gasteiger partial charge in [0.15, 0.2) is 0 Å². The van der Waals surface area contributed by atoms with Crippen LogP contribution in [0.5, 0.6) is 0 Å². The SMILES string of the molecule is CC(C)c1[c-]c(-c2nccc3c2ccc2ccccc23)cc2c1C(C)(C)c1ccccc1-2.[Ir].[c-]1ccccc1-c1ccccn1. The zero-order valence-electron chi connectivity index (χ0n) is 25.9. The molecule has 0 bridgehead atoms. The zero-order valence-corrected chi connectivity index (χ0v) is 28.3. The van der Waals surface area contributed by atoms with E-state index in [-0.39, 0.29) is 25.5 Å².